The monoisotopic (exact) mass is 450 g/mol. The highest BCUT2D eigenvalue weighted by Gasteiger charge is 2.22. The van der Waals surface area contributed by atoms with E-state index in [2.05, 4.69) is 32.9 Å². The number of nitrogens with one attached hydrogen (secondary N) is 1. The Hall–Kier alpha value is -1.32. The fraction of sp³-hybridized carbons (Fsp3) is 0.667. The van der Waals surface area contributed by atoms with Gasteiger partial charge in [-0.05, 0) is 25.0 Å². The molecule has 0 bridgehead atoms. The highest BCUT2D eigenvalue weighted by Crippen LogP contribution is 2.17. The third-order valence-corrected chi connectivity index (χ3v) is 6.12. The van der Waals surface area contributed by atoms with Gasteiger partial charge in [0, 0.05) is 6.54 Å². The molecule has 31 heavy (non-hydrogen) atoms. The summed E-state index contributed by atoms with van der Waals surface area (Å²) >= 11 is 0. The zero-order valence-electron chi connectivity index (χ0n) is 20.4. The lowest BCUT2D eigenvalue weighted by molar-refractivity contribution is -0.853. The van der Waals surface area contributed by atoms with Crippen molar-refractivity contribution >= 4 is 5.91 Å². The molecular formula is C27H47ClN2O. The molecule has 4 heteroatoms. The number of rotatable bonds is 18. The van der Waals surface area contributed by atoms with Crippen molar-refractivity contribution in [2.24, 2.45) is 0 Å². The number of carbonyl (C=O) groups excluding carboxylic acids is 1. The van der Waals surface area contributed by atoms with Gasteiger partial charge in [-0.2, -0.15) is 0 Å². The molecule has 0 fully saturated rings. The number of hydrogen-bond acceptors (Lipinski definition) is 1. The molecule has 0 atom stereocenters. The molecule has 0 aliphatic rings. The second-order valence-electron chi connectivity index (χ2n) is 9.30. The van der Waals surface area contributed by atoms with E-state index in [0.29, 0.717) is 13.0 Å². The molecule has 1 aromatic carbocycles. The summed E-state index contributed by atoms with van der Waals surface area (Å²) in [7, 11) is 4.34. The van der Waals surface area contributed by atoms with Gasteiger partial charge in [-0.15, -0.1) is 0 Å². The van der Waals surface area contributed by atoms with Crippen LogP contribution >= 0.6 is 0 Å². The average molecular weight is 451 g/mol. The second-order valence-corrected chi connectivity index (χ2v) is 9.30. The van der Waals surface area contributed by atoms with E-state index in [1.807, 2.05) is 30.3 Å². The van der Waals surface area contributed by atoms with Crippen LogP contribution in [0.4, 0.5) is 0 Å². The Morgan fingerprint density at radius 2 is 1.32 bits per heavy atom. The van der Waals surface area contributed by atoms with Gasteiger partial charge in [0.15, 0.2) is 0 Å². The van der Waals surface area contributed by atoms with Crippen molar-refractivity contribution in [2.75, 3.05) is 20.6 Å². The molecule has 0 saturated carbocycles. The first-order valence-electron chi connectivity index (χ1n) is 12.3. The molecule has 0 radical (unpaired) electrons. The Bertz CT molecular complexity index is 586. The summed E-state index contributed by atoms with van der Waals surface area (Å²) in [5, 5.41) is 3.01. The first-order valence-corrected chi connectivity index (χ1v) is 12.3. The van der Waals surface area contributed by atoms with Gasteiger partial charge in [0.05, 0.1) is 20.6 Å². The fourth-order valence-electron chi connectivity index (χ4n) is 3.76. The van der Waals surface area contributed by atoms with Gasteiger partial charge in [0.1, 0.15) is 12.1 Å². The van der Waals surface area contributed by atoms with E-state index in [1.165, 1.54) is 77.0 Å². The number of quaternary nitrogens is 1. The van der Waals surface area contributed by atoms with E-state index >= 15 is 0 Å². The lowest BCUT2D eigenvalue weighted by Crippen LogP contribution is -3.00. The van der Waals surface area contributed by atoms with Gasteiger partial charge >= 0.3 is 0 Å². The predicted molar refractivity (Wildman–Crippen MR) is 130 cm³/mol. The molecule has 0 saturated heterocycles. The van der Waals surface area contributed by atoms with Gasteiger partial charge in [0.2, 0.25) is 5.91 Å². The Balaban J connectivity index is 0.00000900. The molecule has 178 valence electrons. The van der Waals surface area contributed by atoms with Gasteiger partial charge < -0.3 is 17.7 Å². The van der Waals surface area contributed by atoms with Crippen LogP contribution in [-0.2, 0) is 11.3 Å². The maximum Gasteiger partial charge on any atom is 0.230 e. The van der Waals surface area contributed by atoms with Crippen LogP contribution in [0.2, 0.25) is 0 Å². The maximum atomic E-state index is 12.3. The number of unbranched alkanes of at least 4 members (excludes halogenated alkanes) is 11. The van der Waals surface area contributed by atoms with Crippen LogP contribution in [0.5, 0.6) is 0 Å². The number of halogens is 1. The second kappa shape index (κ2) is 18.3. The molecule has 1 rings (SSSR count). The largest absolute Gasteiger partial charge is 1.00 e. The molecule has 0 aliphatic heterocycles. The summed E-state index contributed by atoms with van der Waals surface area (Å²) < 4.78 is 0.733. The molecule has 1 amide bonds. The smallest absolute Gasteiger partial charge is 0.230 e. The number of nitrogens with zero attached hydrogens (tertiary/aromatic N) is 1. The lowest BCUT2D eigenvalue weighted by Gasteiger charge is -2.31. The Kier molecular flexibility index (Phi) is 17.5. The molecular weight excluding hydrogens is 404 g/mol. The Morgan fingerprint density at radius 1 is 0.839 bits per heavy atom. The third-order valence-electron chi connectivity index (χ3n) is 6.12. The van der Waals surface area contributed by atoms with Crippen molar-refractivity contribution in [2.45, 2.75) is 96.9 Å². The van der Waals surface area contributed by atoms with Crippen LogP contribution in [0, 0.1) is 0 Å². The predicted octanol–water partition coefficient (Wildman–Crippen LogP) is 3.99. The zero-order chi connectivity index (χ0) is 22.1. The molecule has 0 aliphatic carbocycles. The fourth-order valence-corrected chi connectivity index (χ4v) is 3.76. The van der Waals surface area contributed by atoms with Crippen LogP contribution in [-0.4, -0.2) is 31.0 Å². The zero-order valence-corrected chi connectivity index (χ0v) is 21.2. The quantitative estimate of drug-likeness (QED) is 0.266. The first kappa shape index (κ1) is 29.7. The molecule has 0 heterocycles. The minimum absolute atomic E-state index is 0. The van der Waals surface area contributed by atoms with Gasteiger partial charge in [-0.3, -0.25) is 9.28 Å². The average Bonchev–Trinajstić information content (AvgIpc) is 2.73. The highest BCUT2D eigenvalue weighted by atomic mass is 35.5. The summed E-state index contributed by atoms with van der Waals surface area (Å²) in [6, 6.07) is 10.0. The minimum Gasteiger partial charge on any atom is -1.00 e. The molecule has 3 nitrogen and oxygen atoms in total. The Morgan fingerprint density at radius 3 is 1.84 bits per heavy atom. The van der Waals surface area contributed by atoms with E-state index in [-0.39, 0.29) is 18.3 Å². The molecule has 0 aromatic heterocycles. The van der Waals surface area contributed by atoms with E-state index in [9.17, 15) is 4.79 Å². The third kappa shape index (κ3) is 15.2. The number of carbonyl (C=O) groups is 1. The SMILES string of the molecule is C=C(CC(=O)NCc1ccccc1)[N+](C)(C)CCCCCCCCCCCCCC.[Cl-]. The summed E-state index contributed by atoms with van der Waals surface area (Å²) in [5.41, 5.74) is 2.12. The number of hydrogen-bond donors (Lipinski definition) is 1. The van der Waals surface area contributed by atoms with Gasteiger partial charge in [-0.25, -0.2) is 0 Å². The Labute approximate surface area is 198 Å². The van der Waals surface area contributed by atoms with Crippen molar-refractivity contribution in [1.82, 2.24) is 5.32 Å². The van der Waals surface area contributed by atoms with Gasteiger partial charge in [0.25, 0.3) is 0 Å². The number of amides is 1. The first-order chi connectivity index (χ1) is 14.5. The van der Waals surface area contributed by atoms with E-state index in [4.69, 9.17) is 0 Å². The highest BCUT2D eigenvalue weighted by molar-refractivity contribution is 5.77. The van der Waals surface area contributed by atoms with E-state index < -0.39 is 0 Å². The lowest BCUT2D eigenvalue weighted by atomic mass is 10.0. The van der Waals surface area contributed by atoms with Crippen LogP contribution in [0.25, 0.3) is 0 Å². The van der Waals surface area contributed by atoms with Gasteiger partial charge in [-0.1, -0.05) is 101 Å². The topological polar surface area (TPSA) is 29.1 Å². The normalized spacial score (nSPS) is 11.1. The molecule has 1 N–H and O–H groups in total. The van der Waals surface area contributed by atoms with Crippen molar-refractivity contribution < 1.29 is 21.7 Å². The van der Waals surface area contributed by atoms with Crippen LogP contribution in [0.3, 0.4) is 0 Å². The molecule has 0 unspecified atom stereocenters. The van der Waals surface area contributed by atoms with Crippen molar-refractivity contribution in [1.29, 1.82) is 0 Å². The summed E-state index contributed by atoms with van der Waals surface area (Å²) in [6.07, 6.45) is 16.8. The van der Waals surface area contributed by atoms with E-state index in [1.54, 1.807) is 0 Å². The molecule has 0 spiro atoms. The van der Waals surface area contributed by atoms with E-state index in [0.717, 1.165) is 22.3 Å². The molecule has 1 aromatic rings. The van der Waals surface area contributed by atoms with Crippen LogP contribution < -0.4 is 17.7 Å². The summed E-state index contributed by atoms with van der Waals surface area (Å²) in [4.78, 5) is 12.3. The van der Waals surface area contributed by atoms with Crippen LogP contribution in [0.1, 0.15) is 96.0 Å². The van der Waals surface area contributed by atoms with Crippen molar-refractivity contribution in [3.8, 4) is 0 Å². The summed E-state index contributed by atoms with van der Waals surface area (Å²) in [5.74, 6) is 0.0600. The van der Waals surface area contributed by atoms with Crippen molar-refractivity contribution in [3.63, 3.8) is 0 Å². The van der Waals surface area contributed by atoms with Crippen molar-refractivity contribution in [3.05, 3.63) is 48.2 Å². The standard InChI is InChI=1S/C27H46N2O.ClH/c1-5-6-7-8-9-10-11-12-13-14-15-19-22-29(3,4)25(2)23-27(30)28-24-26-20-17-16-18-21-26;/h16-18,20-21H,2,5-15,19,22-24H2,1,3-4H3;1H. The maximum absolute atomic E-state index is 12.3. The minimum atomic E-state index is 0. The summed E-state index contributed by atoms with van der Waals surface area (Å²) in [6.45, 7) is 8.13. The number of benzene rings is 1. The van der Waals surface area contributed by atoms with Crippen LogP contribution in [0.15, 0.2) is 42.6 Å².